The van der Waals surface area contributed by atoms with Gasteiger partial charge in [-0.2, -0.15) is 20.4 Å². The SMILES string of the molecule is CCc1ccc(-c2n[nH]c(C(Br)C(=O)OC3C(C)CC(C)CC3C)n2)cc1.Cc1ccc(-c2n[nH]c(C(Br)C(=O)OC3C(C)CC(C)CC3C)n2)cc1.Cc1ccc(-c2n[nH]c(C(Br)C(=O)OC3C(C)CC(C)CC3C)n2)cc1.Cc1ccc(-c2n[nH]c(C(Br)C(=O)OC3C(C4(C)CCCCC4)CC(C)CC3C3(C)CCCCC3)n2)cc1. The molecule has 6 fully saturated rings. The summed E-state index contributed by atoms with van der Waals surface area (Å²) >= 11 is 13.9. The number of rotatable bonds is 19. The largest absolute Gasteiger partial charge is 0.461 e. The molecule has 4 N–H and O–H groups in total. The summed E-state index contributed by atoms with van der Waals surface area (Å²) in [5.41, 5.74) is 8.98. The molecule has 4 aromatic carbocycles. The minimum absolute atomic E-state index is 0.0376. The van der Waals surface area contributed by atoms with Crippen LogP contribution in [0.15, 0.2) is 97.1 Å². The van der Waals surface area contributed by atoms with E-state index in [1.165, 1.54) is 86.5 Å². The summed E-state index contributed by atoms with van der Waals surface area (Å²) in [7, 11) is 0. The lowest BCUT2D eigenvalue weighted by atomic mass is 9.52. The maximum absolute atomic E-state index is 13.8. The molecule has 6 aliphatic rings. The summed E-state index contributed by atoms with van der Waals surface area (Å²) in [5, 5.41) is 28.7. The normalized spacial score (nSPS) is 27.9. The van der Waals surface area contributed by atoms with Crippen LogP contribution in [0.5, 0.6) is 0 Å². The van der Waals surface area contributed by atoms with Gasteiger partial charge in [-0.3, -0.25) is 39.6 Å². The lowest BCUT2D eigenvalue weighted by Gasteiger charge is -2.55. The number of carbonyl (C=O) groups is 4. The molecule has 6 aliphatic carbocycles. The first-order valence-electron chi connectivity index (χ1n) is 43.1. The van der Waals surface area contributed by atoms with Gasteiger partial charge in [-0.1, -0.05) is 306 Å². The Morgan fingerprint density at radius 2 is 0.573 bits per heavy atom. The van der Waals surface area contributed by atoms with Crippen molar-refractivity contribution in [2.24, 2.45) is 81.8 Å². The van der Waals surface area contributed by atoms with E-state index in [9.17, 15) is 19.2 Å². The Morgan fingerprint density at radius 1 is 0.350 bits per heavy atom. The van der Waals surface area contributed by atoms with Crippen LogP contribution in [-0.2, 0) is 44.5 Å². The van der Waals surface area contributed by atoms with Crippen LogP contribution in [0.4, 0.5) is 0 Å². The fourth-order valence-corrected chi connectivity index (χ4v) is 21.3. The van der Waals surface area contributed by atoms with Crippen molar-refractivity contribution in [3.8, 4) is 45.6 Å². The molecular formula is C93H126Br4N12O8. The lowest BCUT2D eigenvalue weighted by molar-refractivity contribution is -0.175. The second kappa shape index (κ2) is 41.2. The second-order valence-electron chi connectivity index (χ2n) is 36.7. The maximum atomic E-state index is 13.8. The number of esters is 4. The summed E-state index contributed by atoms with van der Waals surface area (Å²) in [6.07, 6.45) is 22.6. The maximum Gasteiger partial charge on any atom is 0.327 e. The molecule has 0 saturated heterocycles. The number of hydrogen-bond donors (Lipinski definition) is 4. The molecular weight excluding hydrogens is 1730 g/mol. The fourth-order valence-electron chi connectivity index (χ4n) is 20.1. The molecule has 0 spiro atoms. The number of carbonyl (C=O) groups excluding carboxylic acids is 4. The van der Waals surface area contributed by atoms with Crippen molar-refractivity contribution in [3.05, 3.63) is 143 Å². The lowest BCUT2D eigenvalue weighted by Crippen LogP contribution is -2.53. The minimum Gasteiger partial charge on any atom is -0.461 e. The summed E-state index contributed by atoms with van der Waals surface area (Å²) in [5.74, 6) is 8.85. The van der Waals surface area contributed by atoms with E-state index >= 15 is 0 Å². The van der Waals surface area contributed by atoms with Crippen LogP contribution < -0.4 is 0 Å². The van der Waals surface area contributed by atoms with Gasteiger partial charge in [0, 0.05) is 34.1 Å². The van der Waals surface area contributed by atoms with Crippen molar-refractivity contribution < 1.29 is 38.1 Å². The summed E-state index contributed by atoms with van der Waals surface area (Å²) in [4.78, 5) is 67.2. The number of benzene rings is 4. The highest BCUT2D eigenvalue weighted by molar-refractivity contribution is 9.10. The van der Waals surface area contributed by atoms with Gasteiger partial charge in [-0.05, 0) is 180 Å². The van der Waals surface area contributed by atoms with Gasteiger partial charge in [0.05, 0.1) is 0 Å². The molecule has 6 saturated carbocycles. The van der Waals surface area contributed by atoms with E-state index in [0.717, 1.165) is 80.0 Å². The number of nitrogens with zero attached hydrogens (tertiary/aromatic N) is 8. The summed E-state index contributed by atoms with van der Waals surface area (Å²) in [6.45, 7) is 35.4. The Labute approximate surface area is 727 Å². The Bertz CT molecular complexity index is 4300. The molecule has 0 bridgehead atoms. The van der Waals surface area contributed by atoms with Crippen LogP contribution in [-0.4, -0.2) is 109 Å². The predicted molar refractivity (Wildman–Crippen MR) is 475 cm³/mol. The van der Waals surface area contributed by atoms with Crippen LogP contribution in [0.1, 0.15) is 270 Å². The Balaban J connectivity index is 0.000000155. The smallest absolute Gasteiger partial charge is 0.327 e. The van der Waals surface area contributed by atoms with Crippen molar-refractivity contribution in [1.82, 2.24) is 60.7 Å². The highest BCUT2D eigenvalue weighted by Crippen LogP contribution is 2.58. The van der Waals surface area contributed by atoms with Gasteiger partial charge in [-0.25, -0.2) is 19.9 Å². The molecule has 20 nitrogen and oxygen atoms in total. The van der Waals surface area contributed by atoms with E-state index < -0.39 is 19.3 Å². The van der Waals surface area contributed by atoms with E-state index in [2.05, 4.69) is 234 Å². The molecule has 24 heteroatoms. The molecule has 634 valence electrons. The first-order chi connectivity index (χ1) is 55.8. The third-order valence-corrected chi connectivity index (χ3v) is 29.5. The van der Waals surface area contributed by atoms with Gasteiger partial charge < -0.3 is 18.9 Å². The zero-order valence-corrected chi connectivity index (χ0v) is 77.9. The number of alkyl halides is 4. The van der Waals surface area contributed by atoms with Gasteiger partial charge in [0.15, 0.2) is 42.6 Å². The number of aromatic nitrogens is 12. The Kier molecular flexibility index (Phi) is 32.0. The zero-order chi connectivity index (χ0) is 84.2. The third-order valence-electron chi connectivity index (χ3n) is 26.3. The quantitative estimate of drug-likeness (QED) is 0.0333. The number of aromatic amines is 4. The van der Waals surface area contributed by atoms with E-state index in [0.29, 0.717) is 118 Å². The van der Waals surface area contributed by atoms with E-state index in [1.807, 2.05) is 98.8 Å². The summed E-state index contributed by atoms with van der Waals surface area (Å²) < 4.78 is 24.2. The van der Waals surface area contributed by atoms with Crippen molar-refractivity contribution in [2.75, 3.05) is 0 Å². The van der Waals surface area contributed by atoms with Gasteiger partial charge >= 0.3 is 23.9 Å². The minimum atomic E-state index is -0.659. The molecule has 0 radical (unpaired) electrons. The van der Waals surface area contributed by atoms with Gasteiger partial charge in [0.25, 0.3) is 0 Å². The first kappa shape index (κ1) is 91.0. The van der Waals surface area contributed by atoms with E-state index in [4.69, 9.17) is 18.9 Å². The molecule has 0 aliphatic heterocycles. The van der Waals surface area contributed by atoms with Crippen LogP contribution in [0.3, 0.4) is 0 Å². The van der Waals surface area contributed by atoms with Crippen LogP contribution in [0.25, 0.3) is 45.6 Å². The molecule has 12 unspecified atom stereocenters. The van der Waals surface area contributed by atoms with Gasteiger partial charge in [0.2, 0.25) is 0 Å². The molecule has 12 atom stereocenters. The molecule has 0 amide bonds. The average molecular weight is 1860 g/mol. The second-order valence-corrected chi connectivity index (χ2v) is 40.4. The summed E-state index contributed by atoms with van der Waals surface area (Å²) in [6, 6.07) is 32.2. The van der Waals surface area contributed by atoms with Crippen molar-refractivity contribution in [1.29, 1.82) is 0 Å². The fraction of sp³-hybridized carbons (Fsp3) is 0.613. The number of nitrogens with one attached hydrogen (secondary N) is 4. The van der Waals surface area contributed by atoms with Crippen molar-refractivity contribution in [2.45, 2.75) is 276 Å². The standard InChI is InChI=1S/C32H46BrN3O2.C21H28BrN3O2.2C20H26BrN3O2/c1-21-11-13-23(14-12-21)28-34-29(36-35-28)26(33)30(37)38-27-24(31(3)15-7-5-8-16-31)19-22(2)20-25(27)32(4)17-9-6-10-18-32;1-5-15-6-8-16(9-7-15)19-23-20(25-24-19)17(22)21(26)27-18-13(3)10-12(2)11-14(18)4;2*1-11-5-7-15(8-6-11)18-22-19(24-23-18)16(21)20(25)26-17-13(3)9-12(2)10-14(17)4/h11-14,22,24-27H,5-10,15-20H2,1-4H3,(H,34,35,36);6-9,12-14,17-18H,5,10-11H2,1-4H3,(H,23,24,25);2*5-8,12-14,16-17H,9-10H2,1-4H3,(H,22,23,24). The van der Waals surface area contributed by atoms with Gasteiger partial charge in [0.1, 0.15) is 47.7 Å². The van der Waals surface area contributed by atoms with Gasteiger partial charge in [-0.15, -0.1) is 0 Å². The Hall–Kier alpha value is -6.76. The first-order valence-corrected chi connectivity index (χ1v) is 46.8. The number of H-pyrrole nitrogens is 4. The van der Waals surface area contributed by atoms with Crippen molar-refractivity contribution in [3.63, 3.8) is 0 Å². The van der Waals surface area contributed by atoms with Crippen molar-refractivity contribution >= 4 is 87.6 Å². The zero-order valence-electron chi connectivity index (χ0n) is 71.6. The number of ether oxygens (including phenoxy) is 4. The Morgan fingerprint density at radius 3 is 0.812 bits per heavy atom. The number of halogens is 4. The van der Waals surface area contributed by atoms with E-state index in [-0.39, 0.29) is 59.1 Å². The number of hydrogen-bond acceptors (Lipinski definition) is 16. The van der Waals surface area contributed by atoms with Crippen LogP contribution in [0.2, 0.25) is 0 Å². The third kappa shape index (κ3) is 23.5. The predicted octanol–water partition coefficient (Wildman–Crippen LogP) is 23.5. The highest BCUT2D eigenvalue weighted by Gasteiger charge is 2.54. The van der Waals surface area contributed by atoms with E-state index in [1.54, 1.807) is 0 Å². The van der Waals surface area contributed by atoms with Crippen LogP contribution in [0, 0.1) is 103 Å². The molecule has 14 rings (SSSR count). The highest BCUT2D eigenvalue weighted by atomic mass is 79.9. The average Bonchev–Trinajstić information content (AvgIpc) is 1.75. The molecule has 4 aromatic heterocycles. The molecule has 8 aromatic rings. The monoisotopic (exact) mass is 1850 g/mol. The topological polar surface area (TPSA) is 271 Å². The molecule has 117 heavy (non-hydrogen) atoms. The van der Waals surface area contributed by atoms with Crippen LogP contribution >= 0.6 is 63.7 Å². The molecule has 4 heterocycles. The number of aryl methyl sites for hydroxylation is 4.